The van der Waals surface area contributed by atoms with Crippen molar-refractivity contribution in [2.24, 2.45) is 0 Å². The third-order valence-corrected chi connectivity index (χ3v) is 9.44. The van der Waals surface area contributed by atoms with Crippen molar-refractivity contribution in [3.8, 4) is 6.07 Å². The van der Waals surface area contributed by atoms with Gasteiger partial charge in [0.2, 0.25) is 0 Å². The number of likely N-dealkylation sites (tertiary alicyclic amines) is 1. The molecule has 0 radical (unpaired) electrons. The molecule has 0 amide bonds. The van der Waals surface area contributed by atoms with Crippen molar-refractivity contribution in [2.75, 3.05) is 25.1 Å². The number of aromatic nitrogens is 2. The third-order valence-electron chi connectivity index (χ3n) is 6.71. The second-order valence-electron chi connectivity index (χ2n) is 9.41. The Kier molecular flexibility index (Phi) is 8.72. The van der Waals surface area contributed by atoms with Gasteiger partial charge >= 0.3 is 6.18 Å². The highest BCUT2D eigenvalue weighted by Gasteiger charge is 2.37. The summed E-state index contributed by atoms with van der Waals surface area (Å²) < 4.78 is 83.3. The fourth-order valence-corrected chi connectivity index (χ4v) is 6.80. The van der Waals surface area contributed by atoms with Gasteiger partial charge in [-0.3, -0.25) is 14.3 Å². The van der Waals surface area contributed by atoms with E-state index in [1.807, 2.05) is 6.07 Å². The zero-order valence-electron chi connectivity index (χ0n) is 21.5. The summed E-state index contributed by atoms with van der Waals surface area (Å²) >= 11 is 6.06. The van der Waals surface area contributed by atoms with Crippen molar-refractivity contribution >= 4 is 43.3 Å². The van der Waals surface area contributed by atoms with Crippen LogP contribution in [0.1, 0.15) is 35.6 Å². The molecule has 0 saturated carbocycles. The lowest BCUT2D eigenvalue weighted by Crippen LogP contribution is -2.33. The summed E-state index contributed by atoms with van der Waals surface area (Å²) in [5, 5.41) is 9.71. The summed E-state index contributed by atoms with van der Waals surface area (Å²) in [6.07, 6.45) is -1.76. The van der Waals surface area contributed by atoms with E-state index in [0.29, 0.717) is 25.6 Å². The van der Waals surface area contributed by atoms with Gasteiger partial charge in [0, 0.05) is 37.0 Å². The number of benzene rings is 2. The molecule has 0 bridgehead atoms. The predicted molar refractivity (Wildman–Crippen MR) is 145 cm³/mol. The van der Waals surface area contributed by atoms with Gasteiger partial charge in [-0.15, -0.1) is 0 Å². The highest BCUT2D eigenvalue weighted by molar-refractivity contribution is 7.91. The summed E-state index contributed by atoms with van der Waals surface area (Å²) in [6, 6.07) is 6.42. The quantitative estimate of drug-likeness (QED) is 0.412. The van der Waals surface area contributed by atoms with Crippen LogP contribution in [0.3, 0.4) is 0 Å². The van der Waals surface area contributed by atoms with Crippen molar-refractivity contribution in [3.63, 3.8) is 0 Å². The largest absolute Gasteiger partial charge is 0.416 e. The van der Waals surface area contributed by atoms with Gasteiger partial charge in [0.05, 0.1) is 56.5 Å². The Morgan fingerprint density at radius 1 is 1.27 bits per heavy atom. The number of nitrogens with one attached hydrogen (secondary N) is 1. The van der Waals surface area contributed by atoms with E-state index in [4.69, 9.17) is 11.6 Å². The molecule has 2 aromatic carbocycles. The summed E-state index contributed by atoms with van der Waals surface area (Å²) in [5.41, 5.74) is -2.65. The lowest BCUT2D eigenvalue weighted by molar-refractivity contribution is -0.138. The van der Waals surface area contributed by atoms with Crippen LogP contribution in [0, 0.1) is 11.3 Å². The first-order chi connectivity index (χ1) is 18.7. The molecule has 0 aliphatic carbocycles. The van der Waals surface area contributed by atoms with Crippen LogP contribution in [-0.2, 0) is 40.1 Å². The zero-order chi connectivity index (χ0) is 29.4. The van der Waals surface area contributed by atoms with E-state index in [1.54, 1.807) is 4.90 Å². The van der Waals surface area contributed by atoms with Crippen LogP contribution >= 0.6 is 11.6 Å². The summed E-state index contributed by atoms with van der Waals surface area (Å²) in [6.45, 7) is 1.68. The molecule has 1 aliphatic heterocycles. The molecule has 2 atom stereocenters. The minimum atomic E-state index is -4.88. The maximum Gasteiger partial charge on any atom is 0.416 e. The molecule has 4 rings (SSSR count). The molecule has 3 aromatic rings. The monoisotopic (exact) mass is 615 g/mol. The van der Waals surface area contributed by atoms with Gasteiger partial charge in [-0.05, 0) is 41.8 Å². The van der Waals surface area contributed by atoms with Gasteiger partial charge in [-0.2, -0.15) is 18.4 Å². The normalized spacial score (nSPS) is 17.3. The van der Waals surface area contributed by atoms with E-state index in [0.717, 1.165) is 10.9 Å². The molecule has 40 heavy (non-hydrogen) atoms. The molecular formula is C25H25ClF3N5O4S2. The average Bonchev–Trinajstić information content (AvgIpc) is 3.30. The number of nitrogens with zero attached hydrogens (tertiary/aromatic N) is 4. The van der Waals surface area contributed by atoms with Crippen LogP contribution in [0.15, 0.2) is 40.3 Å². The lowest BCUT2D eigenvalue weighted by Gasteiger charge is -2.21. The molecule has 2 heterocycles. The van der Waals surface area contributed by atoms with Crippen molar-refractivity contribution in [1.29, 1.82) is 5.26 Å². The van der Waals surface area contributed by atoms with Crippen LogP contribution in [-0.4, -0.2) is 58.2 Å². The summed E-state index contributed by atoms with van der Waals surface area (Å²) in [7, 11) is -4.98. The Hall–Kier alpha value is -2.83. The van der Waals surface area contributed by atoms with E-state index in [9.17, 15) is 35.9 Å². The van der Waals surface area contributed by atoms with Gasteiger partial charge in [0.25, 0.3) is 5.56 Å². The Labute approximate surface area is 236 Å². The topological polar surface area (TPSA) is 125 Å². The Morgan fingerprint density at radius 2 is 2.00 bits per heavy atom. The molecule has 214 valence electrons. The van der Waals surface area contributed by atoms with Crippen molar-refractivity contribution in [1.82, 2.24) is 19.2 Å². The van der Waals surface area contributed by atoms with E-state index in [2.05, 4.69) is 9.71 Å². The highest BCUT2D eigenvalue weighted by Crippen LogP contribution is 2.37. The fourth-order valence-electron chi connectivity index (χ4n) is 4.84. The molecule has 1 aromatic heterocycles. The van der Waals surface area contributed by atoms with E-state index in [1.165, 1.54) is 31.4 Å². The van der Waals surface area contributed by atoms with Crippen LogP contribution in [0.4, 0.5) is 13.2 Å². The van der Waals surface area contributed by atoms with Crippen LogP contribution in [0.25, 0.3) is 10.9 Å². The first-order valence-electron chi connectivity index (χ1n) is 12.1. The van der Waals surface area contributed by atoms with E-state index in [-0.39, 0.29) is 57.0 Å². The molecule has 1 unspecified atom stereocenters. The fraction of sp³-hybridized carbons (Fsp3) is 0.400. The number of sulfone groups is 1. The lowest BCUT2D eigenvalue weighted by atomic mass is 9.97. The minimum Gasteiger partial charge on any atom is -0.297 e. The molecule has 1 fully saturated rings. The van der Waals surface area contributed by atoms with E-state index < -0.39 is 43.5 Å². The second kappa shape index (κ2) is 11.6. The Balaban J connectivity index is 1.82. The third kappa shape index (κ3) is 6.23. The smallest absolute Gasteiger partial charge is 0.297 e. The van der Waals surface area contributed by atoms with E-state index >= 15 is 0 Å². The number of hydrogen-bond donors (Lipinski definition) is 1. The number of halogens is 4. The number of hydrogen-bond acceptors (Lipinski definition) is 7. The second-order valence-corrected chi connectivity index (χ2v) is 13.2. The first kappa shape index (κ1) is 30.1. The standard InChI is InChI=1S/C25H25ClF3N5O4S2/c1-3-40(37,38)22-5-4-16(26)8-15(22)11-34-14-31-23-18(24(34)35)9-21(25(27,28)29)20(19(23)10-30)13-33-7-6-17(12-33)32-39(2)36/h4-5,8-9,14,17,32H,3,6-7,11-13H2,1-2H3/t17-,39?/m1/s1. The van der Waals surface area contributed by atoms with Gasteiger partial charge in [0.15, 0.2) is 9.84 Å². The predicted octanol–water partition coefficient (Wildman–Crippen LogP) is 3.24. The van der Waals surface area contributed by atoms with Gasteiger partial charge < -0.3 is 0 Å². The molecule has 1 N–H and O–H groups in total. The Morgan fingerprint density at radius 3 is 2.62 bits per heavy atom. The minimum absolute atomic E-state index is 0.0549. The maximum atomic E-state index is 14.3. The maximum absolute atomic E-state index is 14.3. The van der Waals surface area contributed by atoms with Crippen molar-refractivity contribution in [3.05, 3.63) is 68.2 Å². The number of alkyl halides is 3. The van der Waals surface area contributed by atoms with Gasteiger partial charge in [0.1, 0.15) is 6.07 Å². The van der Waals surface area contributed by atoms with Crippen molar-refractivity contribution < 1.29 is 25.8 Å². The highest BCUT2D eigenvalue weighted by atomic mass is 35.5. The zero-order valence-corrected chi connectivity index (χ0v) is 23.8. The first-order valence-corrected chi connectivity index (χ1v) is 15.7. The van der Waals surface area contributed by atoms with Crippen molar-refractivity contribution in [2.45, 2.75) is 43.5 Å². The van der Waals surface area contributed by atoms with Gasteiger partial charge in [-0.1, -0.05) is 18.5 Å². The SMILES string of the molecule is CCS(=O)(=O)c1ccc(Cl)cc1Cn1cnc2c(C#N)c(CN3CC[C@@H](NS(C)=O)C3)c(C(F)(F)F)cc2c1=O. The molecule has 0 spiro atoms. The number of nitriles is 1. The summed E-state index contributed by atoms with van der Waals surface area (Å²) in [5.74, 6) is -0.208. The van der Waals surface area contributed by atoms with Gasteiger partial charge in [-0.25, -0.2) is 22.3 Å². The molecule has 1 saturated heterocycles. The number of rotatable bonds is 8. The average molecular weight is 616 g/mol. The summed E-state index contributed by atoms with van der Waals surface area (Å²) in [4.78, 5) is 19.3. The van der Waals surface area contributed by atoms with Crippen LogP contribution in [0.2, 0.25) is 5.02 Å². The molecular weight excluding hydrogens is 591 g/mol. The number of fused-ring (bicyclic) bond motifs is 1. The molecule has 1 aliphatic rings. The molecule has 15 heteroatoms. The Bertz CT molecular complexity index is 1700. The molecule has 9 nitrogen and oxygen atoms in total. The van der Waals surface area contributed by atoms with Crippen LogP contribution in [0.5, 0.6) is 0 Å². The van der Waals surface area contributed by atoms with Crippen LogP contribution < -0.4 is 10.3 Å².